The third-order valence-corrected chi connectivity index (χ3v) is 9.49. The molecule has 8 heteroatoms. The van der Waals surface area contributed by atoms with E-state index in [1.807, 2.05) is 19.1 Å². The number of carbonyl (C=O) groups is 1. The lowest BCUT2D eigenvalue weighted by atomic mass is 9.70. The van der Waals surface area contributed by atoms with Crippen molar-refractivity contribution in [1.29, 1.82) is 0 Å². The van der Waals surface area contributed by atoms with Gasteiger partial charge in [-0.3, -0.25) is 9.00 Å². The molecule has 1 aromatic carbocycles. The maximum Gasteiger partial charge on any atom is 0.284 e. The van der Waals surface area contributed by atoms with E-state index in [0.717, 1.165) is 24.1 Å². The maximum atomic E-state index is 12.9. The summed E-state index contributed by atoms with van der Waals surface area (Å²) in [5, 5.41) is 10.9. The number of hydrogen-bond acceptors (Lipinski definition) is 5. The molecule has 1 fully saturated rings. The number of alkyl halides is 1. The number of aliphatic hydroxyl groups is 1. The quantitative estimate of drug-likeness (QED) is 0.264. The van der Waals surface area contributed by atoms with Gasteiger partial charge in [0.15, 0.2) is 0 Å². The zero-order chi connectivity index (χ0) is 25.2. The van der Waals surface area contributed by atoms with Crippen LogP contribution in [0.1, 0.15) is 36.5 Å². The number of thiol groups is 1. The highest BCUT2D eigenvalue weighted by Crippen LogP contribution is 2.44. The molecule has 3 aliphatic rings. The summed E-state index contributed by atoms with van der Waals surface area (Å²) in [6.45, 7) is 11.7. The van der Waals surface area contributed by atoms with E-state index in [1.54, 1.807) is 24.3 Å². The van der Waals surface area contributed by atoms with Crippen molar-refractivity contribution in [3.8, 4) is 5.75 Å². The van der Waals surface area contributed by atoms with Crippen LogP contribution in [-0.2, 0) is 10.6 Å². The standard InChI is InChI=1S/C27H35ClN2O4S/c1-4-19(3)27(15-28)16-30-13-21-8-10-22(21)24(31)7-5-6-18(2)14-35(33)29-26(32)20-9-11-25(34-17-27)23(30)12-20/h4-5,7,9,11-12,18,21-22,24,31,35H,1,3,6,8,10,13-17H2,2H3/b7-5+/t18-,21-,22+,24-,27-/m0/s1. The van der Waals surface area contributed by atoms with Crippen molar-refractivity contribution in [3.63, 3.8) is 0 Å². The minimum atomic E-state index is -2.02. The van der Waals surface area contributed by atoms with Gasteiger partial charge in [-0.15, -0.1) is 11.6 Å². The molecule has 0 saturated heterocycles. The highest BCUT2D eigenvalue weighted by molar-refractivity contribution is 7.75. The molecule has 35 heavy (non-hydrogen) atoms. The number of rotatable bonds is 3. The van der Waals surface area contributed by atoms with Gasteiger partial charge in [-0.2, -0.15) is 4.36 Å². The van der Waals surface area contributed by atoms with Crippen molar-refractivity contribution in [3.05, 3.63) is 60.7 Å². The molecule has 6 atom stereocenters. The van der Waals surface area contributed by atoms with E-state index in [9.17, 15) is 14.1 Å². The molecule has 0 radical (unpaired) electrons. The van der Waals surface area contributed by atoms with Gasteiger partial charge in [0, 0.05) is 40.9 Å². The maximum absolute atomic E-state index is 12.9. The Bertz CT molecular complexity index is 1110. The molecule has 2 bridgehead atoms. The van der Waals surface area contributed by atoms with Crippen LogP contribution in [0.15, 0.2) is 59.5 Å². The summed E-state index contributed by atoms with van der Waals surface area (Å²) in [5.41, 5.74) is 1.42. The highest BCUT2D eigenvalue weighted by Gasteiger charge is 2.42. The number of anilines is 1. The molecule has 1 unspecified atom stereocenters. The summed E-state index contributed by atoms with van der Waals surface area (Å²) in [6.07, 6.45) is 7.70. The van der Waals surface area contributed by atoms with Crippen molar-refractivity contribution < 1.29 is 18.8 Å². The van der Waals surface area contributed by atoms with Crippen LogP contribution < -0.4 is 9.64 Å². The van der Waals surface area contributed by atoms with E-state index in [1.165, 1.54) is 0 Å². The lowest BCUT2D eigenvalue weighted by Gasteiger charge is -2.44. The Kier molecular flexibility index (Phi) is 8.09. The van der Waals surface area contributed by atoms with Gasteiger partial charge in [0.1, 0.15) is 12.4 Å². The average molecular weight is 519 g/mol. The summed E-state index contributed by atoms with van der Waals surface area (Å²) in [4.78, 5) is 15.1. The number of allylic oxidation sites excluding steroid dienone is 2. The minimum Gasteiger partial charge on any atom is -0.490 e. The first-order chi connectivity index (χ1) is 16.8. The SMILES string of the molecule is C=CC(=C)[C@]1(CCl)COc2ccc3cc2N(C[C@@H]2CC[C@H]2[C@@H](O)/C=C/C[C@H](C)C/[SH](=O)=N/C3=O)C1. The summed E-state index contributed by atoms with van der Waals surface area (Å²) in [5.74, 6) is 1.35. The highest BCUT2D eigenvalue weighted by atomic mass is 35.5. The number of nitrogens with zero attached hydrogens (tertiary/aromatic N) is 2. The van der Waals surface area contributed by atoms with Crippen LogP contribution in [0.4, 0.5) is 5.69 Å². The average Bonchev–Trinajstić information content (AvgIpc) is 2.97. The van der Waals surface area contributed by atoms with Crippen LogP contribution in [0.25, 0.3) is 0 Å². The van der Waals surface area contributed by atoms with Gasteiger partial charge in [-0.25, -0.2) is 0 Å². The molecular formula is C27H35ClN2O4S. The summed E-state index contributed by atoms with van der Waals surface area (Å²) < 4.78 is 22.8. The van der Waals surface area contributed by atoms with Crippen molar-refractivity contribution in [2.24, 2.45) is 27.5 Å². The third kappa shape index (κ3) is 5.52. The first-order valence-corrected chi connectivity index (χ1v) is 14.1. The molecule has 6 nitrogen and oxygen atoms in total. The topological polar surface area (TPSA) is 79.2 Å². The largest absolute Gasteiger partial charge is 0.490 e. The molecule has 0 spiro atoms. The molecule has 1 aromatic rings. The third-order valence-electron chi connectivity index (χ3n) is 7.64. The number of benzene rings is 1. The van der Waals surface area contributed by atoms with Crippen LogP contribution in [0.2, 0.25) is 0 Å². The van der Waals surface area contributed by atoms with Crippen LogP contribution in [0.5, 0.6) is 5.75 Å². The minimum absolute atomic E-state index is 0.0984. The van der Waals surface area contributed by atoms with Gasteiger partial charge in [0.05, 0.1) is 17.2 Å². The Morgan fingerprint density at radius 2 is 2.23 bits per heavy atom. The second kappa shape index (κ2) is 10.9. The number of hydrogen-bond donors (Lipinski definition) is 2. The van der Waals surface area contributed by atoms with Crippen LogP contribution in [0.3, 0.4) is 0 Å². The predicted molar refractivity (Wildman–Crippen MR) is 143 cm³/mol. The van der Waals surface area contributed by atoms with Gasteiger partial charge in [-0.05, 0) is 60.8 Å². The molecular weight excluding hydrogens is 484 g/mol. The zero-order valence-electron chi connectivity index (χ0n) is 20.2. The number of aliphatic hydroxyl groups excluding tert-OH is 1. The van der Waals surface area contributed by atoms with E-state index >= 15 is 0 Å². The van der Waals surface area contributed by atoms with Crippen molar-refractivity contribution in [2.45, 2.75) is 32.3 Å². The molecule has 190 valence electrons. The Morgan fingerprint density at radius 1 is 1.43 bits per heavy atom. The number of halogens is 1. The van der Waals surface area contributed by atoms with Gasteiger partial charge < -0.3 is 14.7 Å². The summed E-state index contributed by atoms with van der Waals surface area (Å²) in [7, 11) is -2.02. The van der Waals surface area contributed by atoms with Crippen molar-refractivity contribution >= 4 is 33.8 Å². The Labute approximate surface area is 214 Å². The predicted octanol–water partition coefficient (Wildman–Crippen LogP) is 4.64. The molecule has 1 amide bonds. The molecule has 2 heterocycles. The van der Waals surface area contributed by atoms with Gasteiger partial charge in [0.2, 0.25) is 0 Å². The fourth-order valence-corrected chi connectivity index (χ4v) is 6.58. The molecule has 0 aromatic heterocycles. The van der Waals surface area contributed by atoms with Crippen LogP contribution in [0, 0.1) is 23.2 Å². The van der Waals surface area contributed by atoms with E-state index in [2.05, 4.69) is 22.4 Å². The number of fused-ring (bicyclic) bond motifs is 2. The Balaban J connectivity index is 1.78. The lowest BCUT2D eigenvalue weighted by Crippen LogP contribution is -2.47. The lowest BCUT2D eigenvalue weighted by molar-refractivity contribution is 0.0456. The molecule has 1 N–H and O–H groups in total. The fourth-order valence-electron chi connectivity index (χ4n) is 5.16. The molecule has 4 rings (SSSR count). The van der Waals surface area contributed by atoms with E-state index < -0.39 is 28.0 Å². The molecule has 1 saturated carbocycles. The van der Waals surface area contributed by atoms with Crippen molar-refractivity contribution in [1.82, 2.24) is 0 Å². The summed E-state index contributed by atoms with van der Waals surface area (Å²) in [6, 6.07) is 5.23. The van der Waals surface area contributed by atoms with Gasteiger partial charge in [-0.1, -0.05) is 38.3 Å². The normalized spacial score (nSPS) is 34.8. The zero-order valence-corrected chi connectivity index (χ0v) is 21.9. The first-order valence-electron chi connectivity index (χ1n) is 12.2. The van der Waals surface area contributed by atoms with Crippen molar-refractivity contribution in [2.75, 3.05) is 36.2 Å². The molecule has 1 aliphatic carbocycles. The van der Waals surface area contributed by atoms with Gasteiger partial charge in [0.25, 0.3) is 5.91 Å². The molecule has 2 aliphatic heterocycles. The number of carbonyl (C=O) groups excluding carboxylic acids is 1. The van der Waals surface area contributed by atoms with Crippen LogP contribution in [-0.4, -0.2) is 52.7 Å². The van der Waals surface area contributed by atoms with Gasteiger partial charge >= 0.3 is 0 Å². The fraction of sp³-hybridized carbons (Fsp3) is 0.519. The van der Waals surface area contributed by atoms with E-state index in [4.69, 9.17) is 16.3 Å². The summed E-state index contributed by atoms with van der Waals surface area (Å²) >= 11 is 6.50. The second-order valence-corrected chi connectivity index (χ2v) is 11.7. The second-order valence-electron chi connectivity index (χ2n) is 10.2. The van der Waals surface area contributed by atoms with E-state index in [-0.39, 0.29) is 17.8 Å². The number of ether oxygens (including phenoxy) is 1. The smallest absolute Gasteiger partial charge is 0.284 e. The Morgan fingerprint density at radius 3 is 2.91 bits per heavy atom. The number of amides is 1. The monoisotopic (exact) mass is 518 g/mol. The first kappa shape index (κ1) is 26.0. The Hall–Kier alpha value is -2.09. The van der Waals surface area contributed by atoms with E-state index in [0.29, 0.717) is 49.1 Å². The van der Waals surface area contributed by atoms with Crippen LogP contribution >= 0.6 is 11.6 Å².